The second kappa shape index (κ2) is 5.54. The van der Waals surface area contributed by atoms with E-state index in [1.54, 1.807) is 7.05 Å². The molecule has 3 nitrogen and oxygen atoms in total. The lowest BCUT2D eigenvalue weighted by molar-refractivity contribution is 0.0694. The van der Waals surface area contributed by atoms with Crippen molar-refractivity contribution >= 4 is 91.0 Å². The number of aromatic carboxylic acids is 1. The summed E-state index contributed by atoms with van der Waals surface area (Å²) in [6, 6.07) is 0. The second-order valence-electron chi connectivity index (χ2n) is 2.56. The van der Waals surface area contributed by atoms with Crippen LogP contribution in [0.4, 0.5) is 5.69 Å². The number of halogens is 4. The number of carbonyl (C=O) groups is 1. The Labute approximate surface area is 133 Å². The van der Waals surface area contributed by atoms with Gasteiger partial charge in [0.05, 0.1) is 23.4 Å². The molecule has 0 spiro atoms. The van der Waals surface area contributed by atoms with Crippen molar-refractivity contribution in [3.05, 3.63) is 21.3 Å². The molecule has 1 aromatic rings. The van der Waals surface area contributed by atoms with E-state index in [1.165, 1.54) is 0 Å². The zero-order valence-electron chi connectivity index (χ0n) is 7.37. The lowest BCUT2D eigenvalue weighted by atomic mass is 10.2. The summed E-state index contributed by atoms with van der Waals surface area (Å²) >= 11 is 12.1. The number of carboxylic acid groups (broad SMARTS) is 1. The predicted octanol–water partition coefficient (Wildman–Crippen LogP) is 3.89. The minimum atomic E-state index is -0.960. The van der Waals surface area contributed by atoms with Gasteiger partial charge >= 0.3 is 5.97 Å². The molecule has 0 aromatic heterocycles. The van der Waals surface area contributed by atoms with Crippen molar-refractivity contribution < 1.29 is 9.90 Å². The highest BCUT2D eigenvalue weighted by molar-refractivity contribution is 14.1. The van der Waals surface area contributed by atoms with Crippen LogP contribution in [0.3, 0.4) is 0 Å². The van der Waals surface area contributed by atoms with Crippen molar-refractivity contribution in [1.29, 1.82) is 0 Å². The van der Waals surface area contributed by atoms with Gasteiger partial charge in [0.1, 0.15) is 0 Å². The van der Waals surface area contributed by atoms with Gasteiger partial charge in [-0.2, -0.15) is 0 Å². The van der Waals surface area contributed by atoms with E-state index >= 15 is 0 Å². The molecule has 0 radical (unpaired) electrons. The summed E-state index contributed by atoms with van der Waals surface area (Å²) in [4.78, 5) is 11.1. The van der Waals surface area contributed by atoms with Crippen molar-refractivity contribution in [3.8, 4) is 0 Å². The molecule has 1 rings (SSSR count). The fourth-order valence-electron chi connectivity index (χ4n) is 1.04. The van der Waals surface area contributed by atoms with Crippen molar-refractivity contribution in [3.63, 3.8) is 0 Å². The van der Waals surface area contributed by atoms with Crippen molar-refractivity contribution in [2.24, 2.45) is 0 Å². The third-order valence-corrected chi connectivity index (χ3v) is 5.98. The highest BCUT2D eigenvalue weighted by atomic mass is 127. The maximum atomic E-state index is 11.1. The van der Waals surface area contributed by atoms with Crippen molar-refractivity contribution in [1.82, 2.24) is 0 Å². The molecule has 0 heterocycles. The van der Waals surface area contributed by atoms with Gasteiger partial charge < -0.3 is 10.4 Å². The Morgan fingerprint density at radius 3 is 2.20 bits per heavy atom. The van der Waals surface area contributed by atoms with Crippen LogP contribution in [0.5, 0.6) is 0 Å². The summed E-state index contributed by atoms with van der Waals surface area (Å²) in [5, 5.41) is 12.5. The Morgan fingerprint density at radius 2 is 1.80 bits per heavy atom. The zero-order valence-corrected chi connectivity index (χ0v) is 14.6. The largest absolute Gasteiger partial charge is 0.478 e. The maximum absolute atomic E-state index is 11.1. The number of nitrogens with one attached hydrogen (secondary N) is 1. The van der Waals surface area contributed by atoms with Crippen LogP contribution in [-0.2, 0) is 0 Å². The van der Waals surface area contributed by atoms with E-state index < -0.39 is 5.97 Å². The van der Waals surface area contributed by atoms with Gasteiger partial charge in [-0.15, -0.1) is 0 Å². The van der Waals surface area contributed by atoms with Gasteiger partial charge in [-0.05, 0) is 67.8 Å². The summed E-state index contributed by atoms with van der Waals surface area (Å²) in [6.45, 7) is 0. The number of hydrogen-bond donors (Lipinski definition) is 2. The minimum absolute atomic E-state index is 0.256. The van der Waals surface area contributed by atoms with Gasteiger partial charge in [0, 0.05) is 10.6 Å². The average Bonchev–Trinajstić information content (AvgIpc) is 2.15. The lowest BCUT2D eigenvalue weighted by Crippen LogP contribution is -2.08. The molecule has 0 saturated heterocycles. The van der Waals surface area contributed by atoms with Gasteiger partial charge in [-0.3, -0.25) is 0 Å². The molecule has 0 aliphatic heterocycles. The van der Waals surface area contributed by atoms with E-state index in [1.807, 2.05) is 45.2 Å². The molecule has 0 aliphatic carbocycles. The first-order valence-electron chi connectivity index (χ1n) is 3.68. The first-order chi connectivity index (χ1) is 6.91. The molecule has 0 aliphatic rings. The average molecular weight is 563 g/mol. The van der Waals surface area contributed by atoms with Gasteiger partial charge in [0.25, 0.3) is 0 Å². The number of rotatable bonds is 2. The summed E-state index contributed by atoms with van der Waals surface area (Å²) in [6.07, 6.45) is 0. The van der Waals surface area contributed by atoms with Crippen molar-refractivity contribution in [2.75, 3.05) is 12.4 Å². The normalized spacial score (nSPS) is 10.2. The Morgan fingerprint density at radius 1 is 1.27 bits per heavy atom. The molecular weight excluding hydrogens is 558 g/mol. The molecule has 0 unspecified atom stereocenters. The van der Waals surface area contributed by atoms with Crippen LogP contribution in [0.2, 0.25) is 5.02 Å². The smallest absolute Gasteiger partial charge is 0.337 e. The molecule has 1 aromatic carbocycles. The summed E-state index contributed by atoms with van der Waals surface area (Å²) in [7, 11) is 1.74. The third kappa shape index (κ3) is 2.63. The van der Waals surface area contributed by atoms with Crippen LogP contribution in [0.25, 0.3) is 0 Å². The van der Waals surface area contributed by atoms with Crippen LogP contribution in [0.1, 0.15) is 10.4 Å². The van der Waals surface area contributed by atoms with Crippen LogP contribution < -0.4 is 5.32 Å². The Hall–Kier alpha value is 0.970. The molecular formula is C8H5ClI3NO2. The van der Waals surface area contributed by atoms with Gasteiger partial charge in [-0.1, -0.05) is 11.6 Å². The molecule has 0 amide bonds. The number of carboxylic acids is 1. The number of hydrogen-bond acceptors (Lipinski definition) is 2. The fourth-order valence-corrected chi connectivity index (χ4v) is 5.40. The summed E-state index contributed by atoms with van der Waals surface area (Å²) in [5.41, 5.74) is 1.02. The van der Waals surface area contributed by atoms with Crippen LogP contribution in [0, 0.1) is 10.7 Å². The van der Waals surface area contributed by atoms with Crippen LogP contribution in [-0.4, -0.2) is 18.1 Å². The molecule has 15 heavy (non-hydrogen) atoms. The monoisotopic (exact) mass is 563 g/mol. The molecule has 2 N–H and O–H groups in total. The van der Waals surface area contributed by atoms with E-state index in [0.717, 1.165) is 9.26 Å². The SMILES string of the molecule is CNc1c(I)c(Cl)c(I)c(C(=O)O)c1I. The molecule has 0 saturated carbocycles. The minimum Gasteiger partial charge on any atom is -0.478 e. The maximum Gasteiger partial charge on any atom is 0.337 e. The van der Waals surface area contributed by atoms with Crippen LogP contribution in [0.15, 0.2) is 0 Å². The van der Waals surface area contributed by atoms with Crippen LogP contribution >= 0.6 is 79.4 Å². The molecule has 0 bridgehead atoms. The highest BCUT2D eigenvalue weighted by Crippen LogP contribution is 2.37. The number of benzene rings is 1. The quantitative estimate of drug-likeness (QED) is 0.327. The Balaban J connectivity index is 3.68. The van der Waals surface area contributed by atoms with Gasteiger partial charge in [0.2, 0.25) is 0 Å². The molecule has 0 atom stereocenters. The summed E-state index contributed by atoms with van der Waals surface area (Å²) in [5.74, 6) is -0.960. The highest BCUT2D eigenvalue weighted by Gasteiger charge is 2.22. The topological polar surface area (TPSA) is 49.3 Å². The van der Waals surface area contributed by atoms with E-state index in [9.17, 15) is 4.79 Å². The Bertz CT molecular complexity index is 437. The van der Waals surface area contributed by atoms with E-state index in [2.05, 4.69) is 27.9 Å². The summed E-state index contributed by atoms with van der Waals surface area (Å²) < 4.78 is 2.10. The first-order valence-corrected chi connectivity index (χ1v) is 7.30. The zero-order chi connectivity index (χ0) is 11.7. The van der Waals surface area contributed by atoms with Gasteiger partial charge in [0.15, 0.2) is 0 Å². The molecule has 7 heteroatoms. The third-order valence-electron chi connectivity index (χ3n) is 1.73. The predicted molar refractivity (Wildman–Crippen MR) is 86.1 cm³/mol. The van der Waals surface area contributed by atoms with Gasteiger partial charge in [-0.25, -0.2) is 4.79 Å². The van der Waals surface area contributed by atoms with E-state index in [0.29, 0.717) is 12.2 Å². The first kappa shape index (κ1) is 14.0. The van der Waals surface area contributed by atoms with Crippen molar-refractivity contribution in [2.45, 2.75) is 0 Å². The van der Waals surface area contributed by atoms with E-state index in [-0.39, 0.29) is 5.56 Å². The number of anilines is 1. The standard InChI is InChI=1S/C8H5ClI3NO2/c1-13-7-5(11)2(8(14)15)4(10)3(9)6(7)12/h13H,1H3,(H,14,15). The van der Waals surface area contributed by atoms with E-state index in [4.69, 9.17) is 16.7 Å². The Kier molecular flexibility index (Phi) is 5.18. The fraction of sp³-hybridized carbons (Fsp3) is 0.125. The molecule has 82 valence electrons. The second-order valence-corrected chi connectivity index (χ2v) is 6.18. The molecule has 0 fully saturated rings. The lowest BCUT2D eigenvalue weighted by Gasteiger charge is -2.13.